The molecule has 4 nitrogen and oxygen atoms in total. The van der Waals surface area contributed by atoms with Crippen LogP contribution in [0.25, 0.3) is 0 Å². The summed E-state index contributed by atoms with van der Waals surface area (Å²) < 4.78 is 5.23. The molecule has 0 bridgehead atoms. The molecule has 1 aliphatic rings. The molecule has 1 fully saturated rings. The average Bonchev–Trinajstić information content (AvgIpc) is 2.95. The van der Waals surface area contributed by atoms with Crippen LogP contribution in [0.1, 0.15) is 42.3 Å². The quantitative estimate of drug-likeness (QED) is 0.831. The van der Waals surface area contributed by atoms with E-state index in [1.165, 1.54) is 31.6 Å². The summed E-state index contributed by atoms with van der Waals surface area (Å²) in [6, 6.07) is 1.98. The smallest absolute Gasteiger partial charge is 0.339 e. The molecule has 1 aromatic heterocycles. The zero-order chi connectivity index (χ0) is 13.0. The Kier molecular flexibility index (Phi) is 4.72. The van der Waals surface area contributed by atoms with E-state index in [0.29, 0.717) is 23.6 Å². The van der Waals surface area contributed by atoms with Crippen molar-refractivity contribution < 1.29 is 14.3 Å². The van der Waals surface area contributed by atoms with E-state index in [4.69, 9.17) is 9.52 Å². The van der Waals surface area contributed by atoms with E-state index in [1.807, 2.05) is 11.8 Å². The van der Waals surface area contributed by atoms with Crippen molar-refractivity contribution in [2.24, 2.45) is 0 Å². The van der Waals surface area contributed by atoms with Crippen molar-refractivity contribution >= 4 is 17.7 Å². The number of carbonyl (C=O) groups is 1. The number of aromatic carboxylic acids is 1. The molecule has 2 atom stereocenters. The van der Waals surface area contributed by atoms with Crippen molar-refractivity contribution in [2.75, 3.05) is 5.75 Å². The van der Waals surface area contributed by atoms with Crippen LogP contribution in [0.15, 0.2) is 16.7 Å². The van der Waals surface area contributed by atoms with E-state index in [1.54, 1.807) is 0 Å². The van der Waals surface area contributed by atoms with Crippen LogP contribution in [0.3, 0.4) is 0 Å². The lowest BCUT2D eigenvalue weighted by Crippen LogP contribution is -2.33. The molecule has 0 spiro atoms. The third-order valence-corrected chi connectivity index (χ3v) is 4.66. The largest absolute Gasteiger partial charge is 0.478 e. The van der Waals surface area contributed by atoms with Crippen LogP contribution in [-0.4, -0.2) is 28.1 Å². The molecule has 100 valence electrons. The van der Waals surface area contributed by atoms with Crippen molar-refractivity contribution in [1.29, 1.82) is 0 Å². The summed E-state index contributed by atoms with van der Waals surface area (Å²) >= 11 is 1.99. The van der Waals surface area contributed by atoms with Gasteiger partial charge in [0.2, 0.25) is 0 Å². The Morgan fingerprint density at radius 3 is 3.17 bits per heavy atom. The molecule has 2 unspecified atom stereocenters. The number of hydrogen-bond acceptors (Lipinski definition) is 4. The molecule has 1 aliphatic carbocycles. The van der Waals surface area contributed by atoms with Crippen LogP contribution in [0.4, 0.5) is 0 Å². The van der Waals surface area contributed by atoms with E-state index in [9.17, 15) is 4.79 Å². The highest BCUT2D eigenvalue weighted by molar-refractivity contribution is 7.99. The van der Waals surface area contributed by atoms with Crippen LogP contribution in [0.5, 0.6) is 0 Å². The lowest BCUT2D eigenvalue weighted by Gasteiger charge is -2.19. The Balaban J connectivity index is 1.90. The fraction of sp³-hybridized carbons (Fsp3) is 0.615. The molecular formula is C13H19NO3S. The van der Waals surface area contributed by atoms with Crippen LogP contribution in [0, 0.1) is 0 Å². The average molecular weight is 269 g/mol. The predicted molar refractivity (Wildman–Crippen MR) is 72.1 cm³/mol. The SMILES string of the molecule is CCSC1CCCC1NCc1occc1C(=O)O. The minimum absolute atomic E-state index is 0.264. The third kappa shape index (κ3) is 3.09. The van der Waals surface area contributed by atoms with Gasteiger partial charge in [-0.05, 0) is 24.7 Å². The molecule has 18 heavy (non-hydrogen) atoms. The van der Waals surface area contributed by atoms with Gasteiger partial charge in [-0.3, -0.25) is 0 Å². The van der Waals surface area contributed by atoms with Gasteiger partial charge in [0, 0.05) is 11.3 Å². The Morgan fingerprint density at radius 1 is 1.61 bits per heavy atom. The number of carboxylic acids is 1. The Morgan fingerprint density at radius 2 is 2.44 bits per heavy atom. The zero-order valence-electron chi connectivity index (χ0n) is 10.5. The normalized spacial score (nSPS) is 23.4. The molecule has 1 heterocycles. The van der Waals surface area contributed by atoms with Gasteiger partial charge in [0.15, 0.2) is 0 Å². The minimum atomic E-state index is -0.925. The van der Waals surface area contributed by atoms with Crippen LogP contribution >= 0.6 is 11.8 Å². The summed E-state index contributed by atoms with van der Waals surface area (Å²) in [5.41, 5.74) is 0.264. The van der Waals surface area contributed by atoms with E-state index in [0.717, 1.165) is 5.75 Å². The molecule has 2 N–H and O–H groups in total. The molecule has 0 aromatic carbocycles. The van der Waals surface area contributed by atoms with E-state index in [2.05, 4.69) is 12.2 Å². The highest BCUT2D eigenvalue weighted by Gasteiger charge is 2.27. The van der Waals surface area contributed by atoms with Crippen molar-refractivity contribution in [3.05, 3.63) is 23.7 Å². The standard InChI is InChI=1S/C13H19NO3S/c1-2-18-12-5-3-4-10(12)14-8-11-9(13(15)16)6-7-17-11/h6-7,10,12,14H,2-5,8H2,1H3,(H,15,16). The summed E-state index contributed by atoms with van der Waals surface area (Å²) in [6.07, 6.45) is 5.10. The summed E-state index contributed by atoms with van der Waals surface area (Å²) in [7, 11) is 0. The zero-order valence-corrected chi connectivity index (χ0v) is 11.3. The fourth-order valence-corrected chi connectivity index (χ4v) is 3.69. The number of furan rings is 1. The first-order valence-corrected chi connectivity index (χ1v) is 7.42. The molecule has 0 saturated heterocycles. The maximum Gasteiger partial charge on any atom is 0.339 e. The topological polar surface area (TPSA) is 62.5 Å². The van der Waals surface area contributed by atoms with Crippen molar-refractivity contribution in [1.82, 2.24) is 5.32 Å². The Hall–Kier alpha value is -0.940. The van der Waals surface area contributed by atoms with E-state index >= 15 is 0 Å². The highest BCUT2D eigenvalue weighted by atomic mass is 32.2. The predicted octanol–water partition coefficient (Wildman–Crippen LogP) is 2.74. The second kappa shape index (κ2) is 6.29. The van der Waals surface area contributed by atoms with Gasteiger partial charge in [-0.15, -0.1) is 0 Å². The maximum absolute atomic E-state index is 11.0. The van der Waals surface area contributed by atoms with Gasteiger partial charge in [-0.1, -0.05) is 13.3 Å². The van der Waals surface area contributed by atoms with Gasteiger partial charge in [-0.2, -0.15) is 11.8 Å². The molecular weight excluding hydrogens is 250 g/mol. The summed E-state index contributed by atoms with van der Waals surface area (Å²) in [5.74, 6) is 0.727. The number of thioether (sulfide) groups is 1. The van der Waals surface area contributed by atoms with Gasteiger partial charge in [-0.25, -0.2) is 4.79 Å². The lowest BCUT2D eigenvalue weighted by molar-refractivity contribution is 0.0694. The summed E-state index contributed by atoms with van der Waals surface area (Å²) in [6.45, 7) is 2.68. The number of hydrogen-bond donors (Lipinski definition) is 2. The molecule has 1 saturated carbocycles. The van der Waals surface area contributed by atoms with Gasteiger partial charge >= 0.3 is 5.97 Å². The van der Waals surface area contributed by atoms with Crippen molar-refractivity contribution in [2.45, 2.75) is 44.0 Å². The minimum Gasteiger partial charge on any atom is -0.478 e. The Labute approximate surface area is 111 Å². The van der Waals surface area contributed by atoms with Crippen molar-refractivity contribution in [3.8, 4) is 0 Å². The van der Waals surface area contributed by atoms with Crippen LogP contribution in [0.2, 0.25) is 0 Å². The first-order valence-electron chi connectivity index (χ1n) is 6.37. The number of carboxylic acid groups (broad SMARTS) is 1. The lowest BCUT2D eigenvalue weighted by atomic mass is 10.2. The molecule has 0 radical (unpaired) electrons. The van der Waals surface area contributed by atoms with Gasteiger partial charge in [0.25, 0.3) is 0 Å². The van der Waals surface area contributed by atoms with Crippen molar-refractivity contribution in [3.63, 3.8) is 0 Å². The number of rotatable bonds is 6. The van der Waals surface area contributed by atoms with Crippen LogP contribution in [-0.2, 0) is 6.54 Å². The third-order valence-electron chi connectivity index (χ3n) is 3.33. The van der Waals surface area contributed by atoms with E-state index in [-0.39, 0.29) is 5.56 Å². The summed E-state index contributed by atoms with van der Waals surface area (Å²) in [4.78, 5) is 11.0. The molecule has 2 rings (SSSR count). The highest BCUT2D eigenvalue weighted by Crippen LogP contribution is 2.30. The van der Waals surface area contributed by atoms with Gasteiger partial charge in [0.1, 0.15) is 11.3 Å². The second-order valence-electron chi connectivity index (χ2n) is 4.47. The monoisotopic (exact) mass is 269 g/mol. The summed E-state index contributed by atoms with van der Waals surface area (Å²) in [5, 5.41) is 13.1. The number of nitrogens with one attached hydrogen (secondary N) is 1. The first-order chi connectivity index (χ1) is 8.72. The molecule has 0 aliphatic heterocycles. The first kappa shape index (κ1) is 13.5. The molecule has 1 aromatic rings. The van der Waals surface area contributed by atoms with E-state index < -0.39 is 5.97 Å². The second-order valence-corrected chi connectivity index (χ2v) is 5.99. The van der Waals surface area contributed by atoms with Crippen LogP contribution < -0.4 is 5.32 Å². The fourth-order valence-electron chi connectivity index (χ4n) is 2.46. The molecule has 5 heteroatoms. The van der Waals surface area contributed by atoms with Gasteiger partial charge in [0.05, 0.1) is 12.8 Å². The Bertz CT molecular complexity index is 405. The maximum atomic E-state index is 11.0. The van der Waals surface area contributed by atoms with Gasteiger partial charge < -0.3 is 14.8 Å². The molecule has 0 amide bonds.